The summed E-state index contributed by atoms with van der Waals surface area (Å²) in [6.07, 6.45) is -0.231. The van der Waals surface area contributed by atoms with Gasteiger partial charge in [-0.1, -0.05) is 12.1 Å². The van der Waals surface area contributed by atoms with Crippen LogP contribution in [-0.2, 0) is 11.2 Å². The molecule has 2 heterocycles. The number of hydrogen-bond acceptors (Lipinski definition) is 5. The van der Waals surface area contributed by atoms with Crippen LogP contribution in [0.1, 0.15) is 5.56 Å². The number of carbonyl (C=O) groups excluding carboxylic acids is 1. The monoisotopic (exact) mass is 417 g/mol. The highest BCUT2D eigenvalue weighted by Crippen LogP contribution is 2.40. The molecule has 0 bridgehead atoms. The predicted octanol–water partition coefficient (Wildman–Crippen LogP) is 3.30. The molecule has 0 aliphatic heterocycles. The Labute approximate surface area is 176 Å². The summed E-state index contributed by atoms with van der Waals surface area (Å²) in [6.45, 7) is 0. The maximum Gasteiger partial charge on any atom is 0.316 e. The van der Waals surface area contributed by atoms with Crippen molar-refractivity contribution in [3.63, 3.8) is 0 Å². The number of aromatic amines is 1. The van der Waals surface area contributed by atoms with Crippen molar-refractivity contribution in [2.24, 2.45) is 5.73 Å². The number of H-pyrrole nitrogens is 1. The van der Waals surface area contributed by atoms with Crippen molar-refractivity contribution in [2.75, 3.05) is 11.1 Å². The van der Waals surface area contributed by atoms with Crippen LogP contribution >= 0.6 is 0 Å². The standard InChI is InChI=1S/C22H19N5O4/c23-19-5-4-16-18(27-19)10-17(26-16)15-7-11(8-20(28)29)6-14(21(15)30)12-2-1-3-13(9-12)25-22(24)31/h1-7,9-10,26,30H,8H2,(H2,23,27)(H,28,29)(H3,24,25,31). The molecule has 0 fully saturated rings. The summed E-state index contributed by atoms with van der Waals surface area (Å²) < 4.78 is 0. The van der Waals surface area contributed by atoms with Crippen LogP contribution in [0.3, 0.4) is 0 Å². The second-order valence-electron chi connectivity index (χ2n) is 7.03. The van der Waals surface area contributed by atoms with Gasteiger partial charge in [0.1, 0.15) is 11.6 Å². The number of amides is 2. The first kappa shape index (κ1) is 19.8. The van der Waals surface area contributed by atoms with Crippen molar-refractivity contribution in [3.8, 4) is 28.1 Å². The Balaban J connectivity index is 1.89. The number of hydrogen-bond donors (Lipinski definition) is 6. The number of nitrogens with zero attached hydrogens (tertiary/aromatic N) is 1. The van der Waals surface area contributed by atoms with Gasteiger partial charge in [-0.15, -0.1) is 0 Å². The van der Waals surface area contributed by atoms with E-state index in [9.17, 15) is 19.8 Å². The van der Waals surface area contributed by atoms with Crippen molar-refractivity contribution in [2.45, 2.75) is 6.42 Å². The molecule has 9 heteroatoms. The van der Waals surface area contributed by atoms with Crippen LogP contribution in [0.25, 0.3) is 33.4 Å². The molecule has 0 aliphatic rings. The average molecular weight is 417 g/mol. The highest BCUT2D eigenvalue weighted by atomic mass is 16.4. The molecule has 156 valence electrons. The second kappa shape index (κ2) is 7.71. The summed E-state index contributed by atoms with van der Waals surface area (Å²) in [4.78, 5) is 30.0. The molecular formula is C22H19N5O4. The highest BCUT2D eigenvalue weighted by molar-refractivity contribution is 5.91. The SMILES string of the molecule is NC(=O)Nc1cccc(-c2cc(CC(=O)O)cc(-c3cc4nc(N)ccc4[nH]3)c2O)c1. The molecule has 4 rings (SSSR count). The number of primary amides is 1. The number of carboxylic acid groups (broad SMARTS) is 1. The number of phenols is 1. The molecule has 4 aromatic rings. The van der Waals surface area contributed by atoms with Gasteiger partial charge in [0.2, 0.25) is 0 Å². The van der Waals surface area contributed by atoms with E-state index in [-0.39, 0.29) is 12.2 Å². The van der Waals surface area contributed by atoms with Crippen molar-refractivity contribution in [3.05, 3.63) is 60.2 Å². The van der Waals surface area contributed by atoms with Gasteiger partial charge in [-0.2, -0.15) is 0 Å². The third-order valence-corrected chi connectivity index (χ3v) is 4.75. The zero-order valence-electron chi connectivity index (χ0n) is 16.2. The topological polar surface area (TPSA) is 167 Å². The Kier molecular flexibility index (Phi) is 4.92. The molecule has 31 heavy (non-hydrogen) atoms. The van der Waals surface area contributed by atoms with Gasteiger partial charge in [0.15, 0.2) is 0 Å². The summed E-state index contributed by atoms with van der Waals surface area (Å²) in [5.41, 5.74) is 15.2. The number of rotatable bonds is 5. The van der Waals surface area contributed by atoms with Crippen LogP contribution in [-0.4, -0.2) is 32.2 Å². The van der Waals surface area contributed by atoms with Gasteiger partial charge in [0.05, 0.1) is 23.1 Å². The quantitative estimate of drug-likeness (QED) is 0.291. The fraction of sp³-hybridized carbons (Fsp3) is 0.0455. The van der Waals surface area contributed by atoms with Crippen molar-refractivity contribution in [1.82, 2.24) is 9.97 Å². The minimum atomic E-state index is -1.00. The van der Waals surface area contributed by atoms with E-state index in [1.54, 1.807) is 54.6 Å². The third kappa shape index (κ3) is 4.10. The number of fused-ring (bicyclic) bond motifs is 1. The number of carboxylic acids is 1. The molecule has 0 spiro atoms. The summed E-state index contributed by atoms with van der Waals surface area (Å²) in [6, 6.07) is 14.4. The van der Waals surface area contributed by atoms with E-state index < -0.39 is 12.0 Å². The first-order chi connectivity index (χ1) is 14.8. The van der Waals surface area contributed by atoms with E-state index in [4.69, 9.17) is 11.5 Å². The number of aliphatic carboxylic acids is 1. The summed E-state index contributed by atoms with van der Waals surface area (Å²) in [5, 5.41) is 22.9. The van der Waals surface area contributed by atoms with E-state index >= 15 is 0 Å². The van der Waals surface area contributed by atoms with Gasteiger partial charge in [-0.3, -0.25) is 4.79 Å². The Bertz CT molecular complexity index is 1330. The van der Waals surface area contributed by atoms with Gasteiger partial charge < -0.3 is 32.0 Å². The smallest absolute Gasteiger partial charge is 0.316 e. The zero-order chi connectivity index (χ0) is 22.1. The van der Waals surface area contributed by atoms with Gasteiger partial charge in [-0.05, 0) is 53.6 Å². The Morgan fingerprint density at radius 3 is 2.58 bits per heavy atom. The normalized spacial score (nSPS) is 10.8. The number of nitrogen functional groups attached to an aromatic ring is 1. The van der Waals surface area contributed by atoms with Crippen LogP contribution in [0.5, 0.6) is 5.75 Å². The van der Waals surface area contributed by atoms with Crippen LogP contribution < -0.4 is 16.8 Å². The summed E-state index contributed by atoms with van der Waals surface area (Å²) in [5.74, 6) is -0.691. The van der Waals surface area contributed by atoms with Crippen LogP contribution in [0.2, 0.25) is 0 Å². The molecule has 2 amide bonds. The van der Waals surface area contributed by atoms with E-state index in [0.717, 1.165) is 5.52 Å². The Hall–Kier alpha value is -4.53. The second-order valence-corrected chi connectivity index (χ2v) is 7.03. The van der Waals surface area contributed by atoms with Gasteiger partial charge in [0.25, 0.3) is 0 Å². The largest absolute Gasteiger partial charge is 0.507 e. The lowest BCUT2D eigenvalue weighted by Gasteiger charge is -2.13. The maximum atomic E-state index is 11.3. The number of benzene rings is 2. The number of urea groups is 1. The Morgan fingerprint density at radius 2 is 1.84 bits per heavy atom. The predicted molar refractivity (Wildman–Crippen MR) is 118 cm³/mol. The summed E-state index contributed by atoms with van der Waals surface area (Å²) in [7, 11) is 0. The number of aromatic hydroxyl groups is 1. The van der Waals surface area contributed by atoms with E-state index in [2.05, 4.69) is 15.3 Å². The number of pyridine rings is 1. The van der Waals surface area contributed by atoms with E-state index in [1.807, 2.05) is 0 Å². The first-order valence-corrected chi connectivity index (χ1v) is 9.30. The van der Waals surface area contributed by atoms with Crippen LogP contribution in [0.15, 0.2) is 54.6 Å². The molecule has 8 N–H and O–H groups in total. The molecule has 2 aromatic carbocycles. The minimum Gasteiger partial charge on any atom is -0.507 e. The van der Waals surface area contributed by atoms with Crippen molar-refractivity contribution >= 4 is 34.5 Å². The number of anilines is 2. The third-order valence-electron chi connectivity index (χ3n) is 4.75. The fourth-order valence-electron chi connectivity index (χ4n) is 3.47. The Morgan fingerprint density at radius 1 is 1.06 bits per heavy atom. The van der Waals surface area contributed by atoms with Crippen LogP contribution in [0.4, 0.5) is 16.3 Å². The molecule has 9 nitrogen and oxygen atoms in total. The van der Waals surface area contributed by atoms with Crippen LogP contribution in [0, 0.1) is 0 Å². The molecule has 0 radical (unpaired) electrons. The van der Waals surface area contributed by atoms with Gasteiger partial charge >= 0.3 is 12.0 Å². The lowest BCUT2D eigenvalue weighted by molar-refractivity contribution is -0.136. The van der Waals surface area contributed by atoms with Gasteiger partial charge in [-0.25, -0.2) is 9.78 Å². The zero-order valence-corrected chi connectivity index (χ0v) is 16.2. The lowest BCUT2D eigenvalue weighted by Crippen LogP contribution is -2.19. The molecular weight excluding hydrogens is 398 g/mol. The average Bonchev–Trinajstić information content (AvgIpc) is 3.11. The number of nitrogens with one attached hydrogen (secondary N) is 2. The van der Waals surface area contributed by atoms with E-state index in [1.165, 1.54) is 0 Å². The lowest BCUT2D eigenvalue weighted by atomic mass is 9.95. The molecule has 0 unspecified atom stereocenters. The number of nitrogens with two attached hydrogens (primary N) is 2. The molecule has 0 atom stereocenters. The first-order valence-electron chi connectivity index (χ1n) is 9.30. The van der Waals surface area contributed by atoms with Crippen molar-refractivity contribution < 1.29 is 19.8 Å². The molecule has 0 aliphatic carbocycles. The number of aromatic nitrogens is 2. The fourth-order valence-corrected chi connectivity index (χ4v) is 3.47. The molecule has 2 aromatic heterocycles. The van der Waals surface area contributed by atoms with Gasteiger partial charge in [0, 0.05) is 16.8 Å². The highest BCUT2D eigenvalue weighted by Gasteiger charge is 2.17. The summed E-state index contributed by atoms with van der Waals surface area (Å²) >= 11 is 0. The maximum absolute atomic E-state index is 11.3. The molecule has 0 saturated carbocycles. The van der Waals surface area contributed by atoms with E-state index in [0.29, 0.717) is 45.0 Å². The minimum absolute atomic E-state index is 0.0510. The van der Waals surface area contributed by atoms with Crippen molar-refractivity contribution in [1.29, 1.82) is 0 Å². The number of phenolic OH excluding ortho intramolecular Hbond substituents is 1. The molecule has 0 saturated heterocycles. The number of carbonyl (C=O) groups is 2.